The molecule has 2 aromatic rings. The number of carbonyl (C=O) groups is 1. The van der Waals surface area contributed by atoms with Crippen molar-refractivity contribution >= 4 is 17.7 Å². The topological polar surface area (TPSA) is 59.8 Å². The maximum Gasteiger partial charge on any atom is 0.230 e. The van der Waals surface area contributed by atoms with Gasteiger partial charge in [-0.15, -0.1) is 10.2 Å². The zero-order chi connectivity index (χ0) is 17.4. The summed E-state index contributed by atoms with van der Waals surface area (Å²) in [5.41, 5.74) is 0.459. The second-order valence-corrected chi connectivity index (χ2v) is 7.81. The molecule has 0 bridgehead atoms. The summed E-state index contributed by atoms with van der Waals surface area (Å²) in [6, 6.07) is 7.16. The molecule has 4 rings (SSSR count). The fraction of sp³-hybridized carbons (Fsp3) is 0.500. The van der Waals surface area contributed by atoms with Crippen LogP contribution in [-0.2, 0) is 4.79 Å². The molecule has 7 heteroatoms. The van der Waals surface area contributed by atoms with Gasteiger partial charge in [-0.3, -0.25) is 9.36 Å². The van der Waals surface area contributed by atoms with Gasteiger partial charge in [-0.2, -0.15) is 0 Å². The van der Waals surface area contributed by atoms with E-state index in [0.29, 0.717) is 34.3 Å². The Hall–Kier alpha value is -1.89. The van der Waals surface area contributed by atoms with Gasteiger partial charge in [0.2, 0.25) is 5.91 Å². The van der Waals surface area contributed by atoms with Gasteiger partial charge >= 0.3 is 0 Å². The number of amides is 1. The molecule has 2 saturated carbocycles. The highest BCUT2D eigenvalue weighted by molar-refractivity contribution is 7.99. The van der Waals surface area contributed by atoms with Crippen LogP contribution in [-0.4, -0.2) is 32.5 Å². The van der Waals surface area contributed by atoms with Crippen molar-refractivity contribution in [2.75, 3.05) is 5.75 Å². The van der Waals surface area contributed by atoms with Crippen LogP contribution in [0.3, 0.4) is 0 Å². The van der Waals surface area contributed by atoms with Gasteiger partial charge in [-0.05, 0) is 50.7 Å². The monoisotopic (exact) mass is 360 g/mol. The number of halogens is 1. The van der Waals surface area contributed by atoms with E-state index in [1.54, 1.807) is 18.2 Å². The van der Waals surface area contributed by atoms with Crippen LogP contribution in [0.2, 0.25) is 0 Å². The highest BCUT2D eigenvalue weighted by atomic mass is 32.2. The van der Waals surface area contributed by atoms with Crippen LogP contribution in [0.25, 0.3) is 11.4 Å². The summed E-state index contributed by atoms with van der Waals surface area (Å²) in [5.74, 6) is 1.21. The standard InChI is InChI=1S/C18H21FN4OS/c1-11(12-6-7-12)20-16(24)10-25-18-22-21-17(23(18)13-8-9-13)14-4-2-3-5-15(14)19/h2-5,11-13H,6-10H2,1H3,(H,20,24)/t11-/m1/s1. The van der Waals surface area contributed by atoms with Gasteiger partial charge in [0.05, 0.1) is 11.3 Å². The van der Waals surface area contributed by atoms with Crippen molar-refractivity contribution in [1.82, 2.24) is 20.1 Å². The van der Waals surface area contributed by atoms with Crippen LogP contribution in [0.1, 0.15) is 38.6 Å². The van der Waals surface area contributed by atoms with Crippen LogP contribution in [0, 0.1) is 11.7 Å². The Bertz CT molecular complexity index is 785. The van der Waals surface area contributed by atoms with Gasteiger partial charge in [-0.1, -0.05) is 23.9 Å². The van der Waals surface area contributed by atoms with Gasteiger partial charge in [0.25, 0.3) is 0 Å². The number of rotatable bonds is 7. The van der Waals surface area contributed by atoms with E-state index in [1.165, 1.54) is 30.7 Å². The average Bonchev–Trinajstić information content (AvgIpc) is 3.50. The fourth-order valence-corrected chi connectivity index (χ4v) is 3.82. The molecular formula is C18H21FN4OS. The van der Waals surface area contributed by atoms with Gasteiger partial charge in [0.1, 0.15) is 5.82 Å². The smallest absolute Gasteiger partial charge is 0.230 e. The first-order valence-electron chi connectivity index (χ1n) is 8.75. The first kappa shape index (κ1) is 16.6. The van der Waals surface area contributed by atoms with Crippen molar-refractivity contribution in [3.05, 3.63) is 30.1 Å². The van der Waals surface area contributed by atoms with E-state index >= 15 is 0 Å². The number of nitrogens with zero attached hydrogens (tertiary/aromatic N) is 3. The molecule has 1 aromatic carbocycles. The predicted molar refractivity (Wildman–Crippen MR) is 94.7 cm³/mol. The molecule has 1 N–H and O–H groups in total. The molecule has 1 atom stereocenters. The first-order chi connectivity index (χ1) is 12.1. The Kier molecular flexibility index (Phi) is 4.50. The van der Waals surface area contributed by atoms with E-state index in [2.05, 4.69) is 22.4 Å². The lowest BCUT2D eigenvalue weighted by atomic mass is 10.2. The fourth-order valence-electron chi connectivity index (χ4n) is 3.00. The van der Waals surface area contributed by atoms with Crippen molar-refractivity contribution in [1.29, 1.82) is 0 Å². The third kappa shape index (κ3) is 3.71. The molecule has 0 spiro atoms. The maximum absolute atomic E-state index is 14.1. The van der Waals surface area contributed by atoms with Crippen molar-refractivity contribution in [3.8, 4) is 11.4 Å². The van der Waals surface area contributed by atoms with Crippen LogP contribution in [0.4, 0.5) is 4.39 Å². The van der Waals surface area contributed by atoms with Crippen LogP contribution >= 0.6 is 11.8 Å². The summed E-state index contributed by atoms with van der Waals surface area (Å²) in [4.78, 5) is 12.1. The second kappa shape index (κ2) is 6.78. The lowest BCUT2D eigenvalue weighted by Gasteiger charge is -2.13. The van der Waals surface area contributed by atoms with Crippen molar-refractivity contribution in [2.24, 2.45) is 5.92 Å². The van der Waals surface area contributed by atoms with E-state index in [-0.39, 0.29) is 17.8 Å². The molecule has 1 amide bonds. The molecular weight excluding hydrogens is 339 g/mol. The summed E-state index contributed by atoms with van der Waals surface area (Å²) in [6.07, 6.45) is 4.49. The van der Waals surface area contributed by atoms with Crippen LogP contribution in [0.5, 0.6) is 0 Å². The van der Waals surface area contributed by atoms with Crippen molar-refractivity contribution in [2.45, 2.75) is 49.8 Å². The zero-order valence-electron chi connectivity index (χ0n) is 14.1. The lowest BCUT2D eigenvalue weighted by molar-refractivity contribution is -0.119. The zero-order valence-corrected chi connectivity index (χ0v) is 14.9. The minimum absolute atomic E-state index is 0.0159. The van der Waals surface area contributed by atoms with Crippen molar-refractivity contribution < 1.29 is 9.18 Å². The molecule has 2 fully saturated rings. The van der Waals surface area contributed by atoms with E-state index < -0.39 is 0 Å². The largest absolute Gasteiger partial charge is 0.353 e. The van der Waals surface area contributed by atoms with E-state index in [4.69, 9.17) is 0 Å². The number of hydrogen-bond acceptors (Lipinski definition) is 4. The number of hydrogen-bond donors (Lipinski definition) is 1. The normalized spacial score (nSPS) is 18.2. The molecule has 1 heterocycles. The number of nitrogens with one attached hydrogen (secondary N) is 1. The highest BCUT2D eigenvalue weighted by Crippen LogP contribution is 2.41. The average molecular weight is 360 g/mol. The third-order valence-electron chi connectivity index (χ3n) is 4.74. The number of carbonyl (C=O) groups excluding carboxylic acids is 1. The Morgan fingerprint density at radius 2 is 2.08 bits per heavy atom. The Morgan fingerprint density at radius 1 is 1.32 bits per heavy atom. The summed E-state index contributed by atoms with van der Waals surface area (Å²) in [6.45, 7) is 2.06. The minimum atomic E-state index is -0.302. The lowest BCUT2D eigenvalue weighted by Crippen LogP contribution is -2.35. The quantitative estimate of drug-likeness (QED) is 0.769. The molecule has 25 heavy (non-hydrogen) atoms. The summed E-state index contributed by atoms with van der Waals surface area (Å²) < 4.78 is 16.1. The molecule has 0 aliphatic heterocycles. The van der Waals surface area contributed by atoms with Gasteiger partial charge < -0.3 is 5.32 Å². The molecule has 0 unspecified atom stereocenters. The van der Waals surface area contributed by atoms with Crippen LogP contribution in [0.15, 0.2) is 29.4 Å². The van der Waals surface area contributed by atoms with Crippen molar-refractivity contribution in [3.63, 3.8) is 0 Å². The second-order valence-electron chi connectivity index (χ2n) is 6.87. The van der Waals surface area contributed by atoms with E-state index in [1.807, 2.05) is 4.57 Å². The minimum Gasteiger partial charge on any atom is -0.353 e. The number of benzene rings is 1. The molecule has 5 nitrogen and oxygen atoms in total. The van der Waals surface area contributed by atoms with Gasteiger partial charge in [0, 0.05) is 12.1 Å². The molecule has 2 aliphatic rings. The number of thioether (sulfide) groups is 1. The molecule has 2 aliphatic carbocycles. The third-order valence-corrected chi connectivity index (χ3v) is 5.68. The SMILES string of the molecule is C[C@@H](NC(=O)CSc1nnc(-c2ccccc2F)n1C1CC1)C1CC1. The Morgan fingerprint density at radius 3 is 2.76 bits per heavy atom. The number of aromatic nitrogens is 3. The molecule has 0 radical (unpaired) electrons. The summed E-state index contributed by atoms with van der Waals surface area (Å²) in [7, 11) is 0. The molecule has 1 aromatic heterocycles. The van der Waals surface area contributed by atoms with E-state index in [9.17, 15) is 9.18 Å². The van der Waals surface area contributed by atoms with Crippen LogP contribution < -0.4 is 5.32 Å². The first-order valence-corrected chi connectivity index (χ1v) is 9.74. The molecule has 132 valence electrons. The van der Waals surface area contributed by atoms with Gasteiger partial charge in [-0.25, -0.2) is 4.39 Å². The summed E-state index contributed by atoms with van der Waals surface area (Å²) >= 11 is 1.37. The van der Waals surface area contributed by atoms with E-state index in [0.717, 1.165) is 12.8 Å². The molecule has 0 saturated heterocycles. The highest BCUT2D eigenvalue weighted by Gasteiger charge is 2.32. The maximum atomic E-state index is 14.1. The predicted octanol–water partition coefficient (Wildman–Crippen LogP) is 3.43. The Balaban J connectivity index is 1.48. The van der Waals surface area contributed by atoms with Gasteiger partial charge in [0.15, 0.2) is 11.0 Å². The Labute approximate surface area is 150 Å². The summed E-state index contributed by atoms with van der Waals surface area (Å²) in [5, 5.41) is 12.2.